The molecule has 0 amide bonds. The van der Waals surface area contributed by atoms with Crippen LogP contribution in [0.2, 0.25) is 0 Å². The van der Waals surface area contributed by atoms with Crippen LogP contribution in [0, 0.1) is 16.7 Å². The molecule has 0 bridgehead atoms. The zero-order chi connectivity index (χ0) is 12.7. The lowest BCUT2D eigenvalue weighted by molar-refractivity contribution is -0.123. The van der Waals surface area contributed by atoms with Gasteiger partial charge in [0.2, 0.25) is 0 Å². The average molecular weight is 224 g/mol. The number of ether oxygens (including phenoxy) is 1. The lowest BCUT2D eigenvalue weighted by atomic mass is 9.74. The number of hydrogen-bond acceptors (Lipinski definition) is 2. The minimum atomic E-state index is -0.144. The number of carbonyl (C=O) groups excluding carboxylic acids is 1. The quantitative estimate of drug-likeness (QED) is 0.629. The molecule has 0 saturated carbocycles. The highest BCUT2D eigenvalue weighted by Crippen LogP contribution is 2.41. The van der Waals surface area contributed by atoms with E-state index in [9.17, 15) is 4.79 Å². The van der Waals surface area contributed by atoms with Gasteiger partial charge in [-0.25, -0.2) is 0 Å². The molecule has 92 valence electrons. The third-order valence-electron chi connectivity index (χ3n) is 2.83. The molecule has 1 unspecified atom stereocenters. The molecule has 0 aromatic rings. The topological polar surface area (TPSA) is 26.3 Å². The third-order valence-corrected chi connectivity index (χ3v) is 2.83. The average Bonchev–Trinajstić information content (AvgIpc) is 2.05. The maximum atomic E-state index is 12.3. The van der Waals surface area contributed by atoms with E-state index in [0.717, 1.165) is 11.3 Å². The highest BCUT2D eigenvalue weighted by atomic mass is 16.5. The molecule has 2 nitrogen and oxygen atoms in total. The van der Waals surface area contributed by atoms with Crippen molar-refractivity contribution >= 4 is 5.78 Å². The molecule has 1 aliphatic heterocycles. The van der Waals surface area contributed by atoms with E-state index < -0.39 is 0 Å². The van der Waals surface area contributed by atoms with E-state index in [1.54, 1.807) is 0 Å². The zero-order valence-electron chi connectivity index (χ0n) is 11.6. The Morgan fingerprint density at radius 2 is 1.56 bits per heavy atom. The smallest absolute Gasteiger partial charge is 0.168 e. The number of ketones is 1. The Balaban J connectivity index is 3.35. The van der Waals surface area contributed by atoms with Gasteiger partial charge in [0.05, 0.1) is 12.5 Å². The van der Waals surface area contributed by atoms with Gasteiger partial charge in [-0.2, -0.15) is 0 Å². The summed E-state index contributed by atoms with van der Waals surface area (Å²) in [6.45, 7) is 15.0. The fourth-order valence-electron chi connectivity index (χ4n) is 2.02. The van der Waals surface area contributed by atoms with Crippen LogP contribution in [0.4, 0.5) is 0 Å². The molecular weight excluding hydrogens is 200 g/mol. The summed E-state index contributed by atoms with van der Waals surface area (Å²) in [5, 5.41) is 0. The monoisotopic (exact) mass is 224 g/mol. The zero-order valence-corrected chi connectivity index (χ0v) is 11.6. The Morgan fingerprint density at radius 3 is 1.94 bits per heavy atom. The Hall–Kier alpha value is -0.790. The van der Waals surface area contributed by atoms with E-state index in [4.69, 9.17) is 4.74 Å². The van der Waals surface area contributed by atoms with Crippen LogP contribution in [0.25, 0.3) is 0 Å². The van der Waals surface area contributed by atoms with Crippen molar-refractivity contribution in [1.29, 1.82) is 0 Å². The van der Waals surface area contributed by atoms with Crippen LogP contribution in [0.1, 0.15) is 48.5 Å². The molecule has 1 atom stereocenters. The molecule has 1 aliphatic rings. The van der Waals surface area contributed by atoms with Gasteiger partial charge in [-0.1, -0.05) is 48.5 Å². The van der Waals surface area contributed by atoms with Crippen molar-refractivity contribution in [3.63, 3.8) is 0 Å². The van der Waals surface area contributed by atoms with Crippen LogP contribution in [0.5, 0.6) is 0 Å². The first-order chi connectivity index (χ1) is 7.05. The first-order valence-electron chi connectivity index (χ1n) is 5.97. The summed E-state index contributed by atoms with van der Waals surface area (Å²) >= 11 is 0. The van der Waals surface area contributed by atoms with E-state index in [1.165, 1.54) is 0 Å². The van der Waals surface area contributed by atoms with Crippen molar-refractivity contribution in [3.8, 4) is 0 Å². The normalized spacial score (nSPS) is 23.4. The standard InChI is InChI=1S/C14H24O2/c1-9-8-16-12(14(5,6)7)10(11(9)15)13(2,3)4/h9H,8H2,1-7H3. The highest BCUT2D eigenvalue weighted by molar-refractivity contribution is 5.99. The summed E-state index contributed by atoms with van der Waals surface area (Å²) in [6.07, 6.45) is 0. The second-order valence-corrected chi connectivity index (χ2v) is 6.78. The van der Waals surface area contributed by atoms with E-state index in [-0.39, 0.29) is 22.5 Å². The van der Waals surface area contributed by atoms with Gasteiger partial charge in [0.25, 0.3) is 0 Å². The van der Waals surface area contributed by atoms with Gasteiger partial charge in [0.15, 0.2) is 5.78 Å². The lowest BCUT2D eigenvalue weighted by Crippen LogP contribution is -2.35. The van der Waals surface area contributed by atoms with E-state index in [1.807, 2.05) is 6.92 Å². The summed E-state index contributed by atoms with van der Waals surface area (Å²) in [7, 11) is 0. The number of allylic oxidation sites excluding steroid dienone is 2. The van der Waals surface area contributed by atoms with Crippen molar-refractivity contribution < 1.29 is 9.53 Å². The largest absolute Gasteiger partial charge is 0.496 e. The van der Waals surface area contributed by atoms with Crippen molar-refractivity contribution in [2.75, 3.05) is 6.61 Å². The lowest BCUT2D eigenvalue weighted by Gasteiger charge is -2.37. The van der Waals surface area contributed by atoms with Crippen LogP contribution >= 0.6 is 0 Å². The maximum Gasteiger partial charge on any atom is 0.168 e. The Morgan fingerprint density at radius 1 is 1.06 bits per heavy atom. The van der Waals surface area contributed by atoms with E-state index >= 15 is 0 Å². The van der Waals surface area contributed by atoms with Gasteiger partial charge in [0, 0.05) is 11.0 Å². The van der Waals surface area contributed by atoms with Crippen LogP contribution in [-0.4, -0.2) is 12.4 Å². The molecule has 0 aromatic carbocycles. The van der Waals surface area contributed by atoms with Gasteiger partial charge < -0.3 is 4.74 Å². The molecule has 1 rings (SSSR count). The van der Waals surface area contributed by atoms with Gasteiger partial charge in [0.1, 0.15) is 5.76 Å². The predicted octanol–water partition coefficient (Wildman–Crippen LogP) is 3.57. The van der Waals surface area contributed by atoms with Crippen molar-refractivity contribution in [2.24, 2.45) is 16.7 Å². The van der Waals surface area contributed by atoms with Gasteiger partial charge in [-0.3, -0.25) is 4.79 Å². The fourth-order valence-corrected chi connectivity index (χ4v) is 2.02. The van der Waals surface area contributed by atoms with Crippen LogP contribution < -0.4 is 0 Å². The molecule has 0 fully saturated rings. The van der Waals surface area contributed by atoms with E-state index in [2.05, 4.69) is 41.5 Å². The van der Waals surface area contributed by atoms with Crippen molar-refractivity contribution in [2.45, 2.75) is 48.5 Å². The first-order valence-corrected chi connectivity index (χ1v) is 5.97. The molecule has 0 aliphatic carbocycles. The predicted molar refractivity (Wildman–Crippen MR) is 66.1 cm³/mol. The maximum absolute atomic E-state index is 12.3. The third kappa shape index (κ3) is 2.47. The Bertz CT molecular complexity index is 324. The van der Waals surface area contributed by atoms with E-state index in [0.29, 0.717) is 6.61 Å². The second-order valence-electron chi connectivity index (χ2n) is 6.78. The Labute approximate surface area is 99.1 Å². The van der Waals surface area contributed by atoms with Gasteiger partial charge in [-0.05, 0) is 5.41 Å². The summed E-state index contributed by atoms with van der Waals surface area (Å²) in [5.41, 5.74) is 0.631. The summed E-state index contributed by atoms with van der Waals surface area (Å²) < 4.78 is 5.82. The van der Waals surface area contributed by atoms with Crippen molar-refractivity contribution in [3.05, 3.63) is 11.3 Å². The molecule has 0 aromatic heterocycles. The summed E-state index contributed by atoms with van der Waals surface area (Å²) in [5.74, 6) is 1.12. The number of Topliss-reactive ketones (excluding diaryl/α,β-unsaturated/α-hetero) is 1. The van der Waals surface area contributed by atoms with Gasteiger partial charge >= 0.3 is 0 Å². The summed E-state index contributed by atoms with van der Waals surface area (Å²) in [4.78, 5) is 12.3. The SMILES string of the molecule is CC1COC(C(C)(C)C)=C(C(C)(C)C)C1=O. The van der Waals surface area contributed by atoms with Crippen molar-refractivity contribution in [1.82, 2.24) is 0 Å². The molecule has 0 N–H and O–H groups in total. The Kier molecular flexibility index (Phi) is 3.24. The molecule has 0 spiro atoms. The molecule has 16 heavy (non-hydrogen) atoms. The van der Waals surface area contributed by atoms with Crippen LogP contribution in [0.3, 0.4) is 0 Å². The molecular formula is C14H24O2. The second kappa shape index (κ2) is 3.90. The van der Waals surface area contributed by atoms with Gasteiger partial charge in [-0.15, -0.1) is 0 Å². The number of rotatable bonds is 0. The molecule has 0 radical (unpaired) electrons. The molecule has 0 saturated heterocycles. The van der Waals surface area contributed by atoms with Crippen LogP contribution in [-0.2, 0) is 9.53 Å². The number of hydrogen-bond donors (Lipinski definition) is 0. The minimum absolute atomic E-state index is 0.0136. The molecule has 1 heterocycles. The highest BCUT2D eigenvalue weighted by Gasteiger charge is 2.39. The molecule has 2 heteroatoms. The number of carbonyl (C=O) groups is 1. The minimum Gasteiger partial charge on any atom is -0.496 e. The first kappa shape index (κ1) is 13.3. The fraction of sp³-hybridized carbons (Fsp3) is 0.786. The van der Waals surface area contributed by atoms with Crippen LogP contribution in [0.15, 0.2) is 11.3 Å². The summed E-state index contributed by atoms with van der Waals surface area (Å²) in [6, 6.07) is 0.